The van der Waals surface area contributed by atoms with Gasteiger partial charge in [-0.2, -0.15) is 0 Å². The number of hydrogen-bond donors (Lipinski definition) is 3. The Hall–Kier alpha value is -1.63. The Bertz CT molecular complexity index is 757. The topological polar surface area (TPSA) is 58.7 Å². The van der Waals surface area contributed by atoms with Gasteiger partial charge in [0, 0.05) is 5.92 Å². The maximum absolute atomic E-state index is 13.2. The third-order valence-corrected chi connectivity index (χ3v) is 7.45. The van der Waals surface area contributed by atoms with E-state index in [0.717, 1.165) is 70.9 Å². The summed E-state index contributed by atoms with van der Waals surface area (Å²) < 4.78 is 6.15. The molecule has 0 spiro atoms. The van der Waals surface area contributed by atoms with Crippen molar-refractivity contribution in [1.29, 1.82) is 0 Å². The second-order valence-corrected chi connectivity index (χ2v) is 9.92. The van der Waals surface area contributed by atoms with Crippen LogP contribution in [0.15, 0.2) is 6.07 Å². The Morgan fingerprint density at radius 1 is 1.29 bits per heavy atom. The predicted molar refractivity (Wildman–Crippen MR) is 123 cm³/mol. The number of aryl methyl sites for hydroxylation is 1. The lowest BCUT2D eigenvalue weighted by atomic mass is 9.74. The summed E-state index contributed by atoms with van der Waals surface area (Å²) in [5.74, 6) is 1.77. The normalized spacial score (nSPS) is 20.6. The van der Waals surface area contributed by atoms with Gasteiger partial charge in [0.25, 0.3) is 0 Å². The molecule has 0 radical (unpaired) electrons. The van der Waals surface area contributed by atoms with E-state index in [0.29, 0.717) is 11.8 Å². The van der Waals surface area contributed by atoms with Crippen LogP contribution < -0.4 is 14.5 Å². The van der Waals surface area contributed by atoms with Crippen LogP contribution in [0.2, 0.25) is 0 Å². The quantitative estimate of drug-likeness (QED) is 0.508. The summed E-state index contributed by atoms with van der Waals surface area (Å²) in [4.78, 5) is 18.1. The monoisotopic (exact) mass is 433 g/mol. The Morgan fingerprint density at radius 2 is 2.00 bits per heavy atom. The zero-order valence-corrected chi connectivity index (χ0v) is 20.2. The summed E-state index contributed by atoms with van der Waals surface area (Å²) in [6.45, 7) is 12.8. The number of benzene rings is 1. The van der Waals surface area contributed by atoms with Crippen LogP contribution in [0.3, 0.4) is 0 Å². The molecule has 0 saturated carbocycles. The standard InChI is InChI=1S/C25H41N3O3/c1-18-16-24(31-15-13-26(4)5)20(3)23-17-21(6-7-22(18)23)19(2)25(30)28-10-8-27(9-11-28)12-14-29/h16,19,21,29H,6-15,17H2,1-5H3/p+2/t19-,21+/m0/s1. The van der Waals surface area contributed by atoms with Crippen LogP contribution in [0.5, 0.6) is 5.75 Å². The van der Waals surface area contributed by atoms with Gasteiger partial charge in [0.05, 0.1) is 46.9 Å². The van der Waals surface area contributed by atoms with Crippen LogP contribution in [0.25, 0.3) is 0 Å². The van der Waals surface area contributed by atoms with Gasteiger partial charge in [-0.3, -0.25) is 4.79 Å². The molecule has 31 heavy (non-hydrogen) atoms. The number of quaternary nitrogens is 2. The number of amides is 1. The lowest BCUT2D eigenvalue weighted by molar-refractivity contribution is -0.904. The smallest absolute Gasteiger partial charge is 0.226 e. The molecule has 1 fully saturated rings. The van der Waals surface area contributed by atoms with Crippen LogP contribution in [-0.4, -0.2) is 82.5 Å². The third-order valence-electron chi connectivity index (χ3n) is 7.45. The molecule has 1 amide bonds. The van der Waals surface area contributed by atoms with E-state index < -0.39 is 0 Å². The summed E-state index contributed by atoms with van der Waals surface area (Å²) >= 11 is 0. The lowest BCUT2D eigenvalue weighted by Crippen LogP contribution is -3.15. The number of ether oxygens (including phenoxy) is 1. The largest absolute Gasteiger partial charge is 0.487 e. The van der Waals surface area contributed by atoms with E-state index in [9.17, 15) is 4.79 Å². The SMILES string of the molecule is Cc1cc(OCC[NH+](C)C)c(C)c2c1CC[C@@H]([C@H](C)C(=O)N1CC[NH+](CCO)CC1)C2. The fourth-order valence-electron chi connectivity index (χ4n) is 5.21. The molecule has 0 bridgehead atoms. The van der Waals surface area contributed by atoms with Crippen molar-refractivity contribution in [2.45, 2.75) is 40.0 Å². The second kappa shape index (κ2) is 10.8. The van der Waals surface area contributed by atoms with Gasteiger partial charge in [-0.05, 0) is 67.3 Å². The Labute approximate surface area is 188 Å². The number of piperazine rings is 1. The maximum Gasteiger partial charge on any atom is 0.226 e. The summed E-state index contributed by atoms with van der Waals surface area (Å²) in [7, 11) is 4.29. The molecule has 2 atom stereocenters. The van der Waals surface area contributed by atoms with Gasteiger partial charge in [0.1, 0.15) is 25.4 Å². The van der Waals surface area contributed by atoms with Crippen molar-refractivity contribution >= 4 is 5.91 Å². The molecule has 0 aromatic heterocycles. The minimum atomic E-state index is 0.0502. The summed E-state index contributed by atoms with van der Waals surface area (Å²) in [5, 5.41) is 9.15. The molecule has 3 N–H and O–H groups in total. The molecular formula is C25H43N3O3+2. The van der Waals surface area contributed by atoms with Crippen LogP contribution in [-0.2, 0) is 17.6 Å². The minimum Gasteiger partial charge on any atom is -0.487 e. The fraction of sp³-hybridized carbons (Fsp3) is 0.720. The number of carbonyl (C=O) groups excluding carboxylic acids is 1. The van der Waals surface area contributed by atoms with Gasteiger partial charge in [-0.15, -0.1) is 0 Å². The molecular weight excluding hydrogens is 390 g/mol. The van der Waals surface area contributed by atoms with Crippen molar-refractivity contribution in [3.8, 4) is 5.75 Å². The van der Waals surface area contributed by atoms with Gasteiger partial charge in [0.2, 0.25) is 5.91 Å². The zero-order chi connectivity index (χ0) is 22.5. The number of carbonyl (C=O) groups is 1. The number of fused-ring (bicyclic) bond motifs is 1. The van der Waals surface area contributed by atoms with Crippen LogP contribution in [0.4, 0.5) is 0 Å². The molecule has 1 heterocycles. The van der Waals surface area contributed by atoms with Gasteiger partial charge in [0.15, 0.2) is 0 Å². The van der Waals surface area contributed by atoms with E-state index >= 15 is 0 Å². The van der Waals surface area contributed by atoms with Crippen LogP contribution >= 0.6 is 0 Å². The summed E-state index contributed by atoms with van der Waals surface area (Å²) in [6, 6.07) is 2.21. The molecule has 6 heteroatoms. The van der Waals surface area contributed by atoms with Gasteiger partial charge in [-0.25, -0.2) is 0 Å². The molecule has 1 aliphatic heterocycles. The lowest BCUT2D eigenvalue weighted by Gasteiger charge is -2.37. The number of rotatable bonds is 8. The molecule has 174 valence electrons. The van der Waals surface area contributed by atoms with Crippen molar-refractivity contribution in [3.05, 3.63) is 28.3 Å². The number of nitrogens with zero attached hydrogens (tertiary/aromatic N) is 1. The Morgan fingerprint density at radius 3 is 2.65 bits per heavy atom. The predicted octanol–water partition coefficient (Wildman–Crippen LogP) is -0.713. The molecule has 1 aromatic carbocycles. The average Bonchev–Trinajstić information content (AvgIpc) is 2.76. The summed E-state index contributed by atoms with van der Waals surface area (Å²) in [5.41, 5.74) is 5.48. The number of hydrogen-bond acceptors (Lipinski definition) is 3. The highest BCUT2D eigenvalue weighted by molar-refractivity contribution is 5.79. The highest BCUT2D eigenvalue weighted by Gasteiger charge is 2.34. The van der Waals surface area contributed by atoms with Crippen molar-refractivity contribution < 1.29 is 24.4 Å². The average molecular weight is 434 g/mol. The van der Waals surface area contributed by atoms with Crippen molar-refractivity contribution in [2.24, 2.45) is 11.8 Å². The Balaban J connectivity index is 1.66. The fourth-order valence-corrected chi connectivity index (χ4v) is 5.21. The molecule has 3 rings (SSSR count). The number of likely N-dealkylation sites (N-methyl/N-ethyl adjacent to an activating group) is 1. The van der Waals surface area contributed by atoms with E-state index in [1.165, 1.54) is 32.1 Å². The van der Waals surface area contributed by atoms with Gasteiger partial charge in [-0.1, -0.05) is 6.92 Å². The van der Waals surface area contributed by atoms with E-state index in [-0.39, 0.29) is 12.5 Å². The van der Waals surface area contributed by atoms with Crippen LogP contribution in [0.1, 0.15) is 35.6 Å². The first-order valence-electron chi connectivity index (χ1n) is 12.1. The molecule has 6 nitrogen and oxygen atoms in total. The van der Waals surface area contributed by atoms with Gasteiger partial charge >= 0.3 is 0 Å². The first-order valence-corrected chi connectivity index (χ1v) is 12.1. The van der Waals surface area contributed by atoms with Crippen LogP contribution in [0, 0.1) is 25.7 Å². The summed E-state index contributed by atoms with van der Waals surface area (Å²) in [6.07, 6.45) is 3.11. The van der Waals surface area contributed by atoms with E-state index in [2.05, 4.69) is 45.8 Å². The molecule has 1 aromatic rings. The number of aliphatic hydroxyl groups is 1. The van der Waals surface area contributed by atoms with E-state index in [1.807, 2.05) is 0 Å². The first-order chi connectivity index (χ1) is 14.8. The van der Waals surface area contributed by atoms with E-state index in [4.69, 9.17) is 9.84 Å². The zero-order valence-electron chi connectivity index (χ0n) is 20.2. The number of nitrogens with one attached hydrogen (secondary N) is 2. The molecule has 1 saturated heterocycles. The highest BCUT2D eigenvalue weighted by Crippen LogP contribution is 2.38. The third kappa shape index (κ3) is 5.79. The number of aliphatic hydroxyl groups excluding tert-OH is 1. The molecule has 2 aliphatic rings. The van der Waals surface area contributed by atoms with E-state index in [1.54, 1.807) is 0 Å². The van der Waals surface area contributed by atoms with Crippen molar-refractivity contribution in [3.63, 3.8) is 0 Å². The molecule has 1 aliphatic carbocycles. The Kier molecular flexibility index (Phi) is 8.36. The maximum atomic E-state index is 13.2. The minimum absolute atomic E-state index is 0.0502. The first kappa shape index (κ1) is 24.0. The second-order valence-electron chi connectivity index (χ2n) is 9.92. The highest BCUT2D eigenvalue weighted by atomic mass is 16.5. The van der Waals surface area contributed by atoms with Gasteiger partial charge < -0.3 is 24.5 Å². The van der Waals surface area contributed by atoms with Crippen molar-refractivity contribution in [2.75, 3.05) is 66.6 Å². The van der Waals surface area contributed by atoms with Crippen molar-refractivity contribution in [1.82, 2.24) is 4.90 Å². The molecule has 0 unspecified atom stereocenters.